The predicted molar refractivity (Wildman–Crippen MR) is 79.8 cm³/mol. The number of hydrogen-bond acceptors (Lipinski definition) is 2. The fraction of sp³-hybridized carbons (Fsp3) is 0.625. The second kappa shape index (κ2) is 8.28. The highest BCUT2D eigenvalue weighted by Gasteiger charge is 2.13. The summed E-state index contributed by atoms with van der Waals surface area (Å²) < 4.78 is 0. The number of rotatable bonds is 8. The van der Waals surface area contributed by atoms with Crippen LogP contribution in [0.15, 0.2) is 30.3 Å². The van der Waals surface area contributed by atoms with Crippen molar-refractivity contribution in [2.45, 2.75) is 32.7 Å². The van der Waals surface area contributed by atoms with Gasteiger partial charge < -0.3 is 10.2 Å². The molecule has 1 atom stereocenters. The van der Waals surface area contributed by atoms with Gasteiger partial charge in [0, 0.05) is 12.6 Å². The molecule has 18 heavy (non-hydrogen) atoms. The molecule has 0 aliphatic carbocycles. The monoisotopic (exact) mass is 248 g/mol. The van der Waals surface area contributed by atoms with Crippen molar-refractivity contribution in [2.24, 2.45) is 5.92 Å². The zero-order valence-electron chi connectivity index (χ0n) is 12.3. The molecule has 1 aromatic rings. The average Bonchev–Trinajstić information content (AvgIpc) is 2.39. The molecule has 1 rings (SSSR count). The molecule has 0 aliphatic heterocycles. The SMILES string of the molecule is CCC(CC)CNC(CN(C)C)c1ccccc1. The molecular weight excluding hydrogens is 220 g/mol. The lowest BCUT2D eigenvalue weighted by molar-refractivity contribution is 0.322. The van der Waals surface area contributed by atoms with E-state index in [1.54, 1.807) is 0 Å². The van der Waals surface area contributed by atoms with Crippen LogP contribution in [0.4, 0.5) is 0 Å². The maximum Gasteiger partial charge on any atom is 0.0449 e. The van der Waals surface area contributed by atoms with Gasteiger partial charge in [-0.05, 0) is 32.1 Å². The molecule has 0 saturated carbocycles. The molecular formula is C16H28N2. The molecule has 2 heteroatoms. The van der Waals surface area contributed by atoms with E-state index in [1.807, 2.05) is 0 Å². The van der Waals surface area contributed by atoms with Gasteiger partial charge in [0.15, 0.2) is 0 Å². The zero-order valence-corrected chi connectivity index (χ0v) is 12.3. The minimum atomic E-state index is 0.432. The van der Waals surface area contributed by atoms with Crippen LogP contribution in [0.5, 0.6) is 0 Å². The number of likely N-dealkylation sites (N-methyl/N-ethyl adjacent to an activating group) is 1. The summed E-state index contributed by atoms with van der Waals surface area (Å²) in [7, 11) is 4.27. The highest BCUT2D eigenvalue weighted by atomic mass is 15.1. The Kier molecular flexibility index (Phi) is 6.99. The Morgan fingerprint density at radius 3 is 2.17 bits per heavy atom. The van der Waals surface area contributed by atoms with E-state index < -0.39 is 0 Å². The lowest BCUT2D eigenvalue weighted by atomic mass is 10.0. The van der Waals surface area contributed by atoms with Crippen molar-refractivity contribution >= 4 is 0 Å². The average molecular weight is 248 g/mol. The van der Waals surface area contributed by atoms with Crippen molar-refractivity contribution in [1.29, 1.82) is 0 Å². The number of benzene rings is 1. The van der Waals surface area contributed by atoms with Crippen molar-refractivity contribution in [1.82, 2.24) is 10.2 Å². The van der Waals surface area contributed by atoms with Crippen molar-refractivity contribution < 1.29 is 0 Å². The molecule has 0 amide bonds. The summed E-state index contributed by atoms with van der Waals surface area (Å²) in [5.74, 6) is 0.790. The smallest absolute Gasteiger partial charge is 0.0449 e. The first kappa shape index (κ1) is 15.2. The van der Waals surface area contributed by atoms with Gasteiger partial charge in [0.2, 0.25) is 0 Å². The van der Waals surface area contributed by atoms with Gasteiger partial charge in [-0.25, -0.2) is 0 Å². The van der Waals surface area contributed by atoms with Gasteiger partial charge in [0.25, 0.3) is 0 Å². The predicted octanol–water partition coefficient (Wildman–Crippen LogP) is 3.32. The van der Waals surface area contributed by atoms with Gasteiger partial charge in [0.05, 0.1) is 0 Å². The first-order valence-electron chi connectivity index (χ1n) is 7.10. The molecule has 0 fully saturated rings. The molecule has 1 N–H and O–H groups in total. The van der Waals surface area contributed by atoms with Crippen LogP contribution in [-0.2, 0) is 0 Å². The summed E-state index contributed by atoms with van der Waals surface area (Å²) in [6.45, 7) is 6.71. The van der Waals surface area contributed by atoms with Gasteiger partial charge in [0.1, 0.15) is 0 Å². The molecule has 1 unspecified atom stereocenters. The van der Waals surface area contributed by atoms with E-state index >= 15 is 0 Å². The van der Waals surface area contributed by atoms with E-state index in [1.165, 1.54) is 18.4 Å². The van der Waals surface area contributed by atoms with Gasteiger partial charge in [-0.15, -0.1) is 0 Å². The van der Waals surface area contributed by atoms with E-state index in [0.717, 1.165) is 19.0 Å². The Bertz CT molecular complexity index is 304. The van der Waals surface area contributed by atoms with Gasteiger partial charge in [-0.1, -0.05) is 57.0 Å². The zero-order chi connectivity index (χ0) is 13.4. The third kappa shape index (κ3) is 5.19. The Hall–Kier alpha value is -0.860. The highest BCUT2D eigenvalue weighted by Crippen LogP contribution is 2.15. The van der Waals surface area contributed by atoms with Crippen LogP contribution in [0.3, 0.4) is 0 Å². The quantitative estimate of drug-likeness (QED) is 0.759. The van der Waals surface area contributed by atoms with Crippen molar-refractivity contribution in [3.8, 4) is 0 Å². The maximum absolute atomic E-state index is 3.73. The molecule has 1 aromatic carbocycles. The minimum Gasteiger partial charge on any atom is -0.309 e. The van der Waals surface area contributed by atoms with Crippen molar-refractivity contribution in [3.63, 3.8) is 0 Å². The van der Waals surface area contributed by atoms with Gasteiger partial charge in [-0.3, -0.25) is 0 Å². The fourth-order valence-electron chi connectivity index (χ4n) is 2.22. The van der Waals surface area contributed by atoms with Crippen LogP contribution in [0, 0.1) is 5.92 Å². The van der Waals surface area contributed by atoms with Crippen molar-refractivity contribution in [3.05, 3.63) is 35.9 Å². The maximum atomic E-state index is 3.73. The van der Waals surface area contributed by atoms with E-state index in [4.69, 9.17) is 0 Å². The van der Waals surface area contributed by atoms with E-state index in [2.05, 4.69) is 68.5 Å². The molecule has 0 aromatic heterocycles. The normalized spacial score (nSPS) is 13.2. The van der Waals surface area contributed by atoms with Crippen LogP contribution in [0.2, 0.25) is 0 Å². The van der Waals surface area contributed by atoms with Crippen molar-refractivity contribution in [2.75, 3.05) is 27.2 Å². The summed E-state index contributed by atoms with van der Waals surface area (Å²) >= 11 is 0. The van der Waals surface area contributed by atoms with Crippen LogP contribution < -0.4 is 5.32 Å². The Morgan fingerprint density at radius 2 is 1.67 bits per heavy atom. The largest absolute Gasteiger partial charge is 0.309 e. The van der Waals surface area contributed by atoms with Gasteiger partial charge >= 0.3 is 0 Å². The highest BCUT2D eigenvalue weighted by molar-refractivity contribution is 5.19. The molecule has 0 radical (unpaired) electrons. The third-order valence-corrected chi connectivity index (χ3v) is 3.56. The second-order valence-corrected chi connectivity index (χ2v) is 5.32. The molecule has 0 heterocycles. The van der Waals surface area contributed by atoms with E-state index in [-0.39, 0.29) is 0 Å². The lowest BCUT2D eigenvalue weighted by Crippen LogP contribution is -2.34. The molecule has 0 aliphatic rings. The Morgan fingerprint density at radius 1 is 1.06 bits per heavy atom. The Balaban J connectivity index is 2.62. The molecule has 0 spiro atoms. The van der Waals surface area contributed by atoms with Gasteiger partial charge in [-0.2, -0.15) is 0 Å². The minimum absolute atomic E-state index is 0.432. The van der Waals surface area contributed by atoms with Crippen LogP contribution in [-0.4, -0.2) is 32.1 Å². The number of nitrogens with one attached hydrogen (secondary N) is 1. The van der Waals surface area contributed by atoms with E-state index in [0.29, 0.717) is 6.04 Å². The summed E-state index contributed by atoms with van der Waals surface area (Å²) in [6, 6.07) is 11.2. The second-order valence-electron chi connectivity index (χ2n) is 5.32. The number of hydrogen-bond donors (Lipinski definition) is 1. The standard InChI is InChI=1S/C16H28N2/c1-5-14(6-2)12-17-16(13-18(3)4)15-10-8-7-9-11-15/h7-11,14,16-17H,5-6,12-13H2,1-4H3. The molecule has 0 bridgehead atoms. The van der Waals surface area contributed by atoms with E-state index in [9.17, 15) is 0 Å². The van der Waals surface area contributed by atoms with Crippen LogP contribution in [0.25, 0.3) is 0 Å². The van der Waals surface area contributed by atoms with Crippen LogP contribution in [0.1, 0.15) is 38.3 Å². The third-order valence-electron chi connectivity index (χ3n) is 3.56. The topological polar surface area (TPSA) is 15.3 Å². The molecule has 2 nitrogen and oxygen atoms in total. The fourth-order valence-corrected chi connectivity index (χ4v) is 2.22. The molecule has 0 saturated heterocycles. The summed E-state index contributed by atoms with van der Waals surface area (Å²) in [5, 5.41) is 3.73. The van der Waals surface area contributed by atoms with Crippen LogP contribution >= 0.6 is 0 Å². The summed E-state index contributed by atoms with van der Waals surface area (Å²) in [6.07, 6.45) is 2.51. The first-order chi connectivity index (χ1) is 8.67. The lowest BCUT2D eigenvalue weighted by Gasteiger charge is -2.25. The summed E-state index contributed by atoms with van der Waals surface area (Å²) in [4.78, 5) is 2.25. The summed E-state index contributed by atoms with van der Waals surface area (Å²) in [5.41, 5.74) is 1.39. The molecule has 102 valence electrons. The number of nitrogens with zero attached hydrogens (tertiary/aromatic N) is 1. The Labute approximate surface area is 112 Å². The first-order valence-corrected chi connectivity index (χ1v) is 7.10.